The van der Waals surface area contributed by atoms with Crippen LogP contribution in [0.5, 0.6) is 0 Å². The molecule has 0 saturated heterocycles. The summed E-state index contributed by atoms with van der Waals surface area (Å²) in [6, 6.07) is 5.87. The average Bonchev–Trinajstić information content (AvgIpc) is 3.07. The first-order valence-corrected chi connectivity index (χ1v) is 6.45. The summed E-state index contributed by atoms with van der Waals surface area (Å²) < 4.78 is 0. The summed E-state index contributed by atoms with van der Waals surface area (Å²) in [4.78, 5) is 0. The average molecular weight is 258 g/mol. The summed E-state index contributed by atoms with van der Waals surface area (Å²) in [6.07, 6.45) is 3.62. The number of nitrogens with two attached hydrogens (primary N) is 1. The van der Waals surface area contributed by atoms with E-state index in [-0.39, 0.29) is 5.41 Å². The van der Waals surface area contributed by atoms with Crippen molar-refractivity contribution in [1.29, 1.82) is 0 Å². The first-order valence-electron chi connectivity index (χ1n) is 5.69. The molecule has 1 saturated carbocycles. The number of rotatable bonds is 4. The zero-order valence-corrected chi connectivity index (χ0v) is 11.0. The highest BCUT2D eigenvalue weighted by Gasteiger charge is 2.40. The van der Waals surface area contributed by atoms with Gasteiger partial charge in [-0.3, -0.25) is 0 Å². The lowest BCUT2D eigenvalue weighted by Crippen LogP contribution is -2.31. The third-order valence-corrected chi connectivity index (χ3v) is 4.36. The Balaban J connectivity index is 2.15. The summed E-state index contributed by atoms with van der Waals surface area (Å²) in [5.41, 5.74) is 7.35. The van der Waals surface area contributed by atoms with Crippen LogP contribution in [-0.4, -0.2) is 6.54 Å². The molecule has 88 valence electrons. The Morgan fingerprint density at radius 1 is 1.31 bits per heavy atom. The largest absolute Gasteiger partial charge is 0.330 e. The van der Waals surface area contributed by atoms with Crippen LogP contribution in [-0.2, 0) is 6.42 Å². The minimum absolute atomic E-state index is 0.219. The van der Waals surface area contributed by atoms with Crippen molar-refractivity contribution in [2.24, 2.45) is 17.1 Å². The Kier molecular flexibility index (Phi) is 3.48. The normalized spacial score (nSPS) is 19.5. The Labute approximate surface area is 107 Å². The van der Waals surface area contributed by atoms with Crippen molar-refractivity contribution in [1.82, 2.24) is 0 Å². The number of halogens is 2. The van der Waals surface area contributed by atoms with Gasteiger partial charge < -0.3 is 5.73 Å². The molecule has 1 aliphatic rings. The van der Waals surface area contributed by atoms with Crippen molar-refractivity contribution < 1.29 is 0 Å². The second-order valence-corrected chi connectivity index (χ2v) is 5.87. The van der Waals surface area contributed by atoms with E-state index >= 15 is 0 Å². The topological polar surface area (TPSA) is 26.0 Å². The monoisotopic (exact) mass is 257 g/mol. The van der Waals surface area contributed by atoms with Crippen molar-refractivity contribution in [2.75, 3.05) is 6.54 Å². The standard InChI is InChI=1S/C13H17Cl2N/c1-13(8-16,10-3-4-10)7-9-2-5-11(14)12(15)6-9/h2,5-6,10H,3-4,7-8,16H2,1H3. The fraction of sp³-hybridized carbons (Fsp3) is 0.538. The van der Waals surface area contributed by atoms with E-state index in [1.807, 2.05) is 18.2 Å². The maximum Gasteiger partial charge on any atom is 0.0595 e. The molecular weight excluding hydrogens is 241 g/mol. The fourth-order valence-corrected chi connectivity index (χ4v) is 2.60. The molecule has 2 rings (SSSR count). The van der Waals surface area contributed by atoms with Crippen molar-refractivity contribution in [3.8, 4) is 0 Å². The SMILES string of the molecule is CC(CN)(Cc1ccc(Cl)c(Cl)c1)C1CC1. The summed E-state index contributed by atoms with van der Waals surface area (Å²) >= 11 is 11.9. The van der Waals surface area contributed by atoms with Crippen LogP contribution in [0.15, 0.2) is 18.2 Å². The number of benzene rings is 1. The summed E-state index contributed by atoms with van der Waals surface area (Å²) in [5, 5.41) is 1.25. The van der Waals surface area contributed by atoms with Gasteiger partial charge in [0.1, 0.15) is 0 Å². The Morgan fingerprint density at radius 3 is 2.50 bits per heavy atom. The molecule has 0 amide bonds. The van der Waals surface area contributed by atoms with Gasteiger partial charge in [-0.05, 0) is 54.8 Å². The van der Waals surface area contributed by atoms with Crippen LogP contribution in [0.2, 0.25) is 10.0 Å². The van der Waals surface area contributed by atoms with Crippen LogP contribution < -0.4 is 5.73 Å². The van der Waals surface area contributed by atoms with Crippen molar-refractivity contribution in [2.45, 2.75) is 26.2 Å². The number of hydrogen-bond donors (Lipinski definition) is 1. The zero-order chi connectivity index (χ0) is 11.8. The molecule has 2 N–H and O–H groups in total. The van der Waals surface area contributed by atoms with Crippen LogP contribution in [0.25, 0.3) is 0 Å². The molecule has 0 aromatic heterocycles. The molecule has 1 aliphatic carbocycles. The second kappa shape index (κ2) is 4.56. The smallest absolute Gasteiger partial charge is 0.0595 e. The van der Waals surface area contributed by atoms with Crippen molar-refractivity contribution in [3.63, 3.8) is 0 Å². The van der Waals surface area contributed by atoms with Gasteiger partial charge in [-0.1, -0.05) is 36.2 Å². The molecule has 0 radical (unpaired) electrons. The van der Waals surface area contributed by atoms with Gasteiger partial charge in [0.25, 0.3) is 0 Å². The third-order valence-electron chi connectivity index (χ3n) is 3.62. The van der Waals surface area contributed by atoms with Crippen LogP contribution in [0.3, 0.4) is 0 Å². The maximum atomic E-state index is 6.02. The van der Waals surface area contributed by atoms with E-state index in [0.717, 1.165) is 18.9 Å². The first kappa shape index (κ1) is 12.2. The quantitative estimate of drug-likeness (QED) is 0.870. The van der Waals surface area contributed by atoms with Gasteiger partial charge in [-0.25, -0.2) is 0 Å². The highest BCUT2D eigenvalue weighted by Crippen LogP contribution is 2.46. The molecule has 0 bridgehead atoms. The van der Waals surface area contributed by atoms with Gasteiger partial charge in [0, 0.05) is 0 Å². The van der Waals surface area contributed by atoms with E-state index in [2.05, 4.69) is 6.92 Å². The van der Waals surface area contributed by atoms with E-state index in [1.54, 1.807) is 0 Å². The van der Waals surface area contributed by atoms with Crippen molar-refractivity contribution in [3.05, 3.63) is 33.8 Å². The fourth-order valence-electron chi connectivity index (χ4n) is 2.28. The van der Waals surface area contributed by atoms with Gasteiger partial charge in [0.05, 0.1) is 10.0 Å². The predicted molar refractivity (Wildman–Crippen MR) is 70.1 cm³/mol. The van der Waals surface area contributed by atoms with E-state index in [0.29, 0.717) is 10.0 Å². The molecule has 1 atom stereocenters. The van der Waals surface area contributed by atoms with Gasteiger partial charge in [0.15, 0.2) is 0 Å². The van der Waals surface area contributed by atoms with E-state index < -0.39 is 0 Å². The minimum Gasteiger partial charge on any atom is -0.330 e. The van der Waals surface area contributed by atoms with Crippen LogP contribution in [0.4, 0.5) is 0 Å². The zero-order valence-electron chi connectivity index (χ0n) is 9.47. The lowest BCUT2D eigenvalue weighted by atomic mass is 9.79. The Hall–Kier alpha value is -0.240. The van der Waals surface area contributed by atoms with Crippen LogP contribution in [0, 0.1) is 11.3 Å². The van der Waals surface area contributed by atoms with Gasteiger partial charge in [-0.15, -0.1) is 0 Å². The van der Waals surface area contributed by atoms with Crippen molar-refractivity contribution >= 4 is 23.2 Å². The molecule has 3 heteroatoms. The molecule has 0 aliphatic heterocycles. The Bertz CT molecular complexity index is 388. The molecular formula is C13H17Cl2N. The Morgan fingerprint density at radius 2 is 2.00 bits per heavy atom. The lowest BCUT2D eigenvalue weighted by Gasteiger charge is -2.28. The van der Waals surface area contributed by atoms with E-state index in [1.165, 1.54) is 18.4 Å². The predicted octanol–water partition coefficient (Wildman–Crippen LogP) is 3.91. The van der Waals surface area contributed by atoms with E-state index in [4.69, 9.17) is 28.9 Å². The first-order chi connectivity index (χ1) is 7.55. The number of hydrogen-bond acceptors (Lipinski definition) is 1. The van der Waals surface area contributed by atoms with Gasteiger partial charge >= 0.3 is 0 Å². The summed E-state index contributed by atoms with van der Waals surface area (Å²) in [5.74, 6) is 0.784. The lowest BCUT2D eigenvalue weighted by molar-refractivity contribution is 0.282. The molecule has 16 heavy (non-hydrogen) atoms. The summed E-state index contributed by atoms with van der Waals surface area (Å²) in [7, 11) is 0. The third kappa shape index (κ3) is 2.53. The van der Waals surface area contributed by atoms with Gasteiger partial charge in [0.2, 0.25) is 0 Å². The van der Waals surface area contributed by atoms with Crippen LogP contribution >= 0.6 is 23.2 Å². The van der Waals surface area contributed by atoms with Gasteiger partial charge in [-0.2, -0.15) is 0 Å². The highest BCUT2D eigenvalue weighted by molar-refractivity contribution is 6.42. The molecule has 1 unspecified atom stereocenters. The minimum atomic E-state index is 0.219. The molecule has 1 aromatic carbocycles. The van der Waals surface area contributed by atoms with Crippen LogP contribution in [0.1, 0.15) is 25.3 Å². The molecule has 0 heterocycles. The van der Waals surface area contributed by atoms with E-state index in [9.17, 15) is 0 Å². The summed E-state index contributed by atoms with van der Waals surface area (Å²) in [6.45, 7) is 3.01. The highest BCUT2D eigenvalue weighted by atomic mass is 35.5. The molecule has 1 fully saturated rings. The maximum absolute atomic E-state index is 6.02. The molecule has 1 aromatic rings. The second-order valence-electron chi connectivity index (χ2n) is 5.06. The molecule has 0 spiro atoms. The molecule has 1 nitrogen and oxygen atoms in total.